The van der Waals surface area contributed by atoms with Crippen LogP contribution in [0.3, 0.4) is 0 Å². The number of carbonyl (C=O) groups is 1. The molecule has 0 saturated heterocycles. The van der Waals surface area contributed by atoms with Crippen molar-refractivity contribution in [2.45, 2.75) is 45.8 Å². The van der Waals surface area contributed by atoms with E-state index >= 15 is 0 Å². The Morgan fingerprint density at radius 2 is 2.06 bits per heavy atom. The number of hydrogen-bond donors (Lipinski definition) is 3. The van der Waals surface area contributed by atoms with E-state index in [2.05, 4.69) is 37.3 Å². The van der Waals surface area contributed by atoms with Crippen molar-refractivity contribution >= 4 is 34.1 Å². The van der Waals surface area contributed by atoms with Crippen LogP contribution in [0.5, 0.6) is 0 Å². The predicted molar refractivity (Wildman–Crippen MR) is 125 cm³/mol. The fourth-order valence-corrected chi connectivity index (χ4v) is 4.98. The molecular weight excluding hydrogens is 458 g/mol. The molecule has 1 aromatic carbocycles. The number of aromatic nitrogens is 1. The Bertz CT molecular complexity index is 1130. The van der Waals surface area contributed by atoms with Crippen LogP contribution in [-0.2, 0) is 13.2 Å². The number of H-pyrrole nitrogens is 1. The monoisotopic (exact) mass is 483 g/mol. The maximum atomic E-state index is 13.1. The number of aliphatic hydroxyl groups excluding tert-OH is 1. The minimum Gasteiger partial charge on any atom is -0.392 e. The van der Waals surface area contributed by atoms with Gasteiger partial charge in [-0.3, -0.25) is 14.6 Å². The van der Waals surface area contributed by atoms with Crippen LogP contribution in [0.1, 0.15) is 64.0 Å². The molecule has 1 aliphatic carbocycles. The standard InChI is InChI=1S/C24H26BrN3O3/c1-14-6-18(13-29)22(24(31)28-14)12-27-23(30)20-9-19(25)8-16-7-17(10-26-11-21(16)20)15-4-2-3-5-15/h6-9,11,15,29H,2-5,10,12-13H2,1H3,(H,27,30)(H,28,31). The van der Waals surface area contributed by atoms with Crippen molar-refractivity contribution in [2.75, 3.05) is 6.54 Å². The lowest BCUT2D eigenvalue weighted by molar-refractivity contribution is 0.0950. The molecular formula is C24H26BrN3O3. The second-order valence-corrected chi connectivity index (χ2v) is 9.17. The molecule has 6 nitrogen and oxygen atoms in total. The fourth-order valence-electron chi connectivity index (χ4n) is 4.51. The van der Waals surface area contributed by atoms with E-state index in [1.165, 1.54) is 31.3 Å². The zero-order valence-corrected chi connectivity index (χ0v) is 19.1. The molecule has 0 bridgehead atoms. The third-order valence-electron chi connectivity index (χ3n) is 6.10. The van der Waals surface area contributed by atoms with Gasteiger partial charge in [0.2, 0.25) is 0 Å². The molecule has 1 amide bonds. The molecule has 0 radical (unpaired) electrons. The van der Waals surface area contributed by atoms with Crippen molar-refractivity contribution in [1.82, 2.24) is 10.3 Å². The summed E-state index contributed by atoms with van der Waals surface area (Å²) in [5.41, 5.74) is 4.84. The van der Waals surface area contributed by atoms with E-state index < -0.39 is 0 Å². The molecule has 31 heavy (non-hydrogen) atoms. The molecule has 4 rings (SSSR count). The number of aromatic amines is 1. The summed E-state index contributed by atoms with van der Waals surface area (Å²) in [6.45, 7) is 2.19. The van der Waals surface area contributed by atoms with Gasteiger partial charge in [0.05, 0.1) is 13.2 Å². The number of rotatable bonds is 5. The first-order valence-electron chi connectivity index (χ1n) is 10.6. The summed E-state index contributed by atoms with van der Waals surface area (Å²) in [6, 6.07) is 5.52. The Morgan fingerprint density at radius 1 is 1.29 bits per heavy atom. The first kappa shape index (κ1) is 21.7. The molecule has 0 spiro atoms. The number of aliphatic hydroxyl groups is 1. The molecule has 1 aromatic heterocycles. The Kier molecular flexibility index (Phi) is 6.53. The summed E-state index contributed by atoms with van der Waals surface area (Å²) >= 11 is 3.54. The lowest BCUT2D eigenvalue weighted by atomic mass is 9.93. The van der Waals surface area contributed by atoms with Gasteiger partial charge in [0, 0.05) is 39.6 Å². The predicted octanol–water partition coefficient (Wildman–Crippen LogP) is 3.87. The number of carbonyl (C=O) groups excluding carboxylic acids is 1. The van der Waals surface area contributed by atoms with Gasteiger partial charge < -0.3 is 15.4 Å². The van der Waals surface area contributed by atoms with Crippen LogP contribution < -0.4 is 10.9 Å². The molecule has 162 valence electrons. The van der Waals surface area contributed by atoms with E-state index in [-0.39, 0.29) is 24.6 Å². The van der Waals surface area contributed by atoms with Crippen molar-refractivity contribution in [3.05, 3.63) is 72.1 Å². The second-order valence-electron chi connectivity index (χ2n) is 8.25. The number of aliphatic imine (C=N–C) groups is 1. The molecule has 7 heteroatoms. The molecule has 2 aromatic rings. The van der Waals surface area contributed by atoms with Crippen molar-refractivity contribution in [1.29, 1.82) is 0 Å². The highest BCUT2D eigenvalue weighted by atomic mass is 79.9. The van der Waals surface area contributed by atoms with Gasteiger partial charge in [0.25, 0.3) is 11.5 Å². The average molecular weight is 484 g/mol. The molecule has 0 atom stereocenters. The van der Waals surface area contributed by atoms with E-state index in [4.69, 9.17) is 0 Å². The molecule has 1 fully saturated rings. The van der Waals surface area contributed by atoms with Gasteiger partial charge in [0.15, 0.2) is 0 Å². The highest BCUT2D eigenvalue weighted by Crippen LogP contribution is 2.34. The van der Waals surface area contributed by atoms with Gasteiger partial charge in [0.1, 0.15) is 0 Å². The van der Waals surface area contributed by atoms with Gasteiger partial charge in [-0.25, -0.2) is 0 Å². The summed E-state index contributed by atoms with van der Waals surface area (Å²) in [6.07, 6.45) is 8.91. The van der Waals surface area contributed by atoms with E-state index in [9.17, 15) is 14.7 Å². The van der Waals surface area contributed by atoms with Gasteiger partial charge in [-0.05, 0) is 60.6 Å². The first-order chi connectivity index (χ1) is 15.0. The number of fused-ring (bicyclic) bond motifs is 1. The fraction of sp³-hybridized carbons (Fsp3) is 0.375. The quantitative estimate of drug-likeness (QED) is 0.602. The Labute approximate surface area is 189 Å². The van der Waals surface area contributed by atoms with Crippen LogP contribution in [0.25, 0.3) is 6.08 Å². The molecule has 1 aliphatic heterocycles. The smallest absolute Gasteiger partial charge is 0.253 e. The molecule has 0 unspecified atom stereocenters. The van der Waals surface area contributed by atoms with E-state index in [0.29, 0.717) is 34.8 Å². The highest BCUT2D eigenvalue weighted by molar-refractivity contribution is 9.10. The van der Waals surface area contributed by atoms with Crippen molar-refractivity contribution < 1.29 is 9.90 Å². The van der Waals surface area contributed by atoms with Crippen LogP contribution in [0.15, 0.2) is 38.0 Å². The molecule has 1 saturated carbocycles. The zero-order valence-electron chi connectivity index (χ0n) is 17.5. The number of aryl methyl sites for hydroxylation is 1. The van der Waals surface area contributed by atoms with Crippen molar-refractivity contribution in [3.63, 3.8) is 0 Å². The van der Waals surface area contributed by atoms with Gasteiger partial charge in [-0.2, -0.15) is 0 Å². The molecule has 3 N–H and O–H groups in total. The lowest BCUT2D eigenvalue weighted by Crippen LogP contribution is -2.29. The number of amides is 1. The van der Waals surface area contributed by atoms with Gasteiger partial charge >= 0.3 is 0 Å². The Hall–Kier alpha value is -2.51. The lowest BCUT2D eigenvalue weighted by Gasteiger charge is -2.13. The minimum atomic E-state index is -0.303. The van der Waals surface area contributed by atoms with Crippen LogP contribution in [-0.4, -0.2) is 28.8 Å². The summed E-state index contributed by atoms with van der Waals surface area (Å²) in [5, 5.41) is 12.4. The Balaban J connectivity index is 1.62. The highest BCUT2D eigenvalue weighted by Gasteiger charge is 2.22. The van der Waals surface area contributed by atoms with Crippen LogP contribution in [0.4, 0.5) is 0 Å². The number of nitrogens with one attached hydrogen (secondary N) is 2. The van der Waals surface area contributed by atoms with Crippen LogP contribution in [0, 0.1) is 12.8 Å². The maximum Gasteiger partial charge on any atom is 0.253 e. The Morgan fingerprint density at radius 3 is 2.81 bits per heavy atom. The average Bonchev–Trinajstić information content (AvgIpc) is 3.19. The third kappa shape index (κ3) is 4.72. The zero-order chi connectivity index (χ0) is 22.0. The molecule has 2 aliphatic rings. The van der Waals surface area contributed by atoms with E-state index in [0.717, 1.165) is 15.6 Å². The number of benzene rings is 1. The van der Waals surface area contributed by atoms with Crippen molar-refractivity contribution in [3.8, 4) is 0 Å². The minimum absolute atomic E-state index is 0.0337. The van der Waals surface area contributed by atoms with Gasteiger partial charge in [-0.15, -0.1) is 0 Å². The van der Waals surface area contributed by atoms with E-state index in [1.807, 2.05) is 6.07 Å². The third-order valence-corrected chi connectivity index (χ3v) is 6.55. The number of halogens is 1. The topological polar surface area (TPSA) is 94.5 Å². The maximum absolute atomic E-state index is 13.1. The SMILES string of the molecule is Cc1cc(CO)c(CNC(=O)c2cc(Br)cc3c2C=NCC(C2CCCC2)=C3)c(=O)[nH]1. The van der Waals surface area contributed by atoms with Crippen LogP contribution in [0.2, 0.25) is 0 Å². The summed E-state index contributed by atoms with van der Waals surface area (Å²) in [5.74, 6) is 0.287. The normalized spacial score (nSPS) is 16.0. The summed E-state index contributed by atoms with van der Waals surface area (Å²) in [7, 11) is 0. The second kappa shape index (κ2) is 9.32. The molecule has 2 heterocycles. The first-order valence-corrected chi connectivity index (χ1v) is 11.4. The largest absolute Gasteiger partial charge is 0.392 e. The van der Waals surface area contributed by atoms with E-state index in [1.54, 1.807) is 25.3 Å². The van der Waals surface area contributed by atoms with Gasteiger partial charge in [-0.1, -0.05) is 34.8 Å². The summed E-state index contributed by atoms with van der Waals surface area (Å²) in [4.78, 5) is 32.7. The van der Waals surface area contributed by atoms with Crippen molar-refractivity contribution in [2.24, 2.45) is 10.9 Å². The summed E-state index contributed by atoms with van der Waals surface area (Å²) < 4.78 is 0.818. The number of nitrogens with zero attached hydrogens (tertiary/aromatic N) is 1. The van der Waals surface area contributed by atoms with Crippen LogP contribution >= 0.6 is 15.9 Å². The number of hydrogen-bond acceptors (Lipinski definition) is 4. The number of pyridine rings is 1.